The van der Waals surface area contributed by atoms with Crippen LogP contribution in [0.3, 0.4) is 0 Å². The van der Waals surface area contributed by atoms with Gasteiger partial charge < -0.3 is 11.5 Å². The van der Waals surface area contributed by atoms with Crippen LogP contribution < -0.4 is 11.5 Å². The SMILES string of the molecule is Nc1ccc(Sc2ccc(Cl)c(N)c2)cc1. The normalized spacial score (nSPS) is 10.3. The van der Waals surface area contributed by atoms with E-state index in [4.69, 9.17) is 23.1 Å². The minimum absolute atomic E-state index is 0.585. The lowest BCUT2D eigenvalue weighted by molar-refractivity contribution is 1.41. The number of nitrogen functional groups attached to an aromatic ring is 2. The Morgan fingerprint density at radius 3 is 2.12 bits per heavy atom. The van der Waals surface area contributed by atoms with E-state index in [-0.39, 0.29) is 0 Å². The highest BCUT2D eigenvalue weighted by molar-refractivity contribution is 7.99. The third kappa shape index (κ3) is 2.62. The van der Waals surface area contributed by atoms with Crippen LogP contribution in [0.5, 0.6) is 0 Å². The molecule has 0 aliphatic carbocycles. The van der Waals surface area contributed by atoms with E-state index in [9.17, 15) is 0 Å². The molecule has 0 saturated carbocycles. The molecule has 2 rings (SSSR count). The third-order valence-corrected chi connectivity index (χ3v) is 3.42. The highest BCUT2D eigenvalue weighted by Crippen LogP contribution is 2.31. The summed E-state index contributed by atoms with van der Waals surface area (Å²) < 4.78 is 0. The molecule has 0 amide bonds. The zero-order chi connectivity index (χ0) is 11.5. The fourth-order valence-electron chi connectivity index (χ4n) is 1.26. The van der Waals surface area contributed by atoms with E-state index in [1.807, 2.05) is 36.4 Å². The summed E-state index contributed by atoms with van der Waals surface area (Å²) in [4.78, 5) is 2.18. The summed E-state index contributed by atoms with van der Waals surface area (Å²) >= 11 is 7.48. The summed E-state index contributed by atoms with van der Waals surface area (Å²) in [5.41, 5.74) is 12.7. The van der Waals surface area contributed by atoms with Gasteiger partial charge in [0.05, 0.1) is 10.7 Å². The maximum absolute atomic E-state index is 5.85. The number of benzene rings is 2. The number of hydrogen-bond donors (Lipinski definition) is 2. The number of nitrogens with two attached hydrogens (primary N) is 2. The summed E-state index contributed by atoms with van der Waals surface area (Å²) in [5.74, 6) is 0. The zero-order valence-corrected chi connectivity index (χ0v) is 10.1. The van der Waals surface area contributed by atoms with Crippen LogP contribution in [0.25, 0.3) is 0 Å². The van der Waals surface area contributed by atoms with Gasteiger partial charge in [0, 0.05) is 15.5 Å². The van der Waals surface area contributed by atoms with Gasteiger partial charge in [-0.3, -0.25) is 0 Å². The van der Waals surface area contributed by atoms with Gasteiger partial charge in [-0.25, -0.2) is 0 Å². The zero-order valence-electron chi connectivity index (χ0n) is 8.48. The Bertz CT molecular complexity index is 497. The van der Waals surface area contributed by atoms with Gasteiger partial charge in [-0.1, -0.05) is 23.4 Å². The van der Waals surface area contributed by atoms with Crippen LogP contribution in [-0.4, -0.2) is 0 Å². The maximum Gasteiger partial charge on any atom is 0.0636 e. The molecule has 2 aromatic carbocycles. The fourth-order valence-corrected chi connectivity index (χ4v) is 2.24. The van der Waals surface area contributed by atoms with Crippen molar-refractivity contribution in [2.24, 2.45) is 0 Å². The summed E-state index contributed by atoms with van der Waals surface area (Å²) in [5, 5.41) is 0.585. The first-order valence-electron chi connectivity index (χ1n) is 4.73. The summed E-state index contributed by atoms with van der Waals surface area (Å²) in [6.07, 6.45) is 0. The molecule has 0 bridgehead atoms. The first kappa shape index (κ1) is 11.2. The quantitative estimate of drug-likeness (QED) is 0.800. The molecule has 4 N–H and O–H groups in total. The molecule has 0 fully saturated rings. The Morgan fingerprint density at radius 2 is 1.50 bits per heavy atom. The third-order valence-electron chi connectivity index (χ3n) is 2.08. The highest BCUT2D eigenvalue weighted by Gasteiger charge is 2.00. The molecule has 0 aromatic heterocycles. The Hall–Kier alpha value is -1.32. The fraction of sp³-hybridized carbons (Fsp3) is 0. The van der Waals surface area contributed by atoms with Crippen LogP contribution in [0.4, 0.5) is 11.4 Å². The Balaban J connectivity index is 2.20. The van der Waals surface area contributed by atoms with Gasteiger partial charge in [0.25, 0.3) is 0 Å². The Kier molecular flexibility index (Phi) is 3.27. The molecule has 16 heavy (non-hydrogen) atoms. The van der Waals surface area contributed by atoms with E-state index < -0.39 is 0 Å². The summed E-state index contributed by atoms with van der Waals surface area (Å²) in [7, 11) is 0. The molecule has 2 aromatic rings. The van der Waals surface area contributed by atoms with Crippen molar-refractivity contribution in [1.29, 1.82) is 0 Å². The van der Waals surface area contributed by atoms with E-state index in [1.165, 1.54) is 0 Å². The van der Waals surface area contributed by atoms with Crippen molar-refractivity contribution in [3.8, 4) is 0 Å². The smallest absolute Gasteiger partial charge is 0.0636 e. The molecule has 0 unspecified atom stereocenters. The van der Waals surface area contributed by atoms with E-state index in [0.29, 0.717) is 10.7 Å². The van der Waals surface area contributed by atoms with Crippen LogP contribution in [-0.2, 0) is 0 Å². The maximum atomic E-state index is 5.85. The summed E-state index contributed by atoms with van der Waals surface area (Å²) in [6, 6.07) is 13.3. The minimum atomic E-state index is 0.585. The van der Waals surface area contributed by atoms with Crippen LogP contribution in [0.1, 0.15) is 0 Å². The van der Waals surface area contributed by atoms with Crippen molar-refractivity contribution >= 4 is 34.7 Å². The second-order valence-corrected chi connectivity index (χ2v) is 4.91. The number of halogens is 1. The lowest BCUT2D eigenvalue weighted by atomic mass is 10.3. The Morgan fingerprint density at radius 1 is 0.875 bits per heavy atom. The molecule has 4 heteroatoms. The van der Waals surface area contributed by atoms with E-state index >= 15 is 0 Å². The van der Waals surface area contributed by atoms with Crippen LogP contribution in [0, 0.1) is 0 Å². The van der Waals surface area contributed by atoms with Gasteiger partial charge >= 0.3 is 0 Å². The largest absolute Gasteiger partial charge is 0.399 e. The monoisotopic (exact) mass is 250 g/mol. The minimum Gasteiger partial charge on any atom is -0.399 e. The molecule has 0 spiro atoms. The topological polar surface area (TPSA) is 52.0 Å². The van der Waals surface area contributed by atoms with Crippen molar-refractivity contribution in [2.45, 2.75) is 9.79 Å². The second-order valence-electron chi connectivity index (χ2n) is 3.35. The molecule has 0 aliphatic heterocycles. The molecule has 0 radical (unpaired) electrons. The predicted octanol–water partition coefficient (Wildman–Crippen LogP) is 3.66. The van der Waals surface area contributed by atoms with Gasteiger partial charge in [0.1, 0.15) is 0 Å². The van der Waals surface area contributed by atoms with Gasteiger partial charge in [-0.2, -0.15) is 0 Å². The van der Waals surface area contributed by atoms with Crippen LogP contribution in [0.15, 0.2) is 52.3 Å². The van der Waals surface area contributed by atoms with Crippen molar-refractivity contribution in [2.75, 3.05) is 11.5 Å². The molecule has 0 heterocycles. The van der Waals surface area contributed by atoms with Crippen molar-refractivity contribution in [3.63, 3.8) is 0 Å². The molecule has 2 nitrogen and oxygen atoms in total. The highest BCUT2D eigenvalue weighted by atomic mass is 35.5. The van der Waals surface area contributed by atoms with E-state index in [1.54, 1.807) is 17.8 Å². The van der Waals surface area contributed by atoms with Gasteiger partial charge in [0.15, 0.2) is 0 Å². The second kappa shape index (κ2) is 4.68. The Labute approximate surface area is 104 Å². The number of anilines is 2. The average Bonchev–Trinajstić information content (AvgIpc) is 2.27. The first-order valence-corrected chi connectivity index (χ1v) is 5.93. The van der Waals surface area contributed by atoms with Crippen molar-refractivity contribution in [1.82, 2.24) is 0 Å². The lowest BCUT2D eigenvalue weighted by Crippen LogP contribution is -1.86. The molecule has 0 saturated heterocycles. The molecular formula is C12H11ClN2S. The van der Waals surface area contributed by atoms with Gasteiger partial charge in [0.2, 0.25) is 0 Å². The molecule has 0 aliphatic rings. The average molecular weight is 251 g/mol. The van der Waals surface area contributed by atoms with Crippen LogP contribution in [0.2, 0.25) is 5.02 Å². The van der Waals surface area contributed by atoms with Gasteiger partial charge in [-0.15, -0.1) is 0 Å². The standard InChI is InChI=1S/C12H11ClN2S/c13-11-6-5-10(7-12(11)15)16-9-3-1-8(14)2-4-9/h1-7H,14-15H2. The molecule has 0 atom stereocenters. The number of hydrogen-bond acceptors (Lipinski definition) is 3. The first-order chi connectivity index (χ1) is 7.65. The lowest BCUT2D eigenvalue weighted by Gasteiger charge is -2.04. The van der Waals surface area contributed by atoms with Crippen molar-refractivity contribution in [3.05, 3.63) is 47.5 Å². The van der Waals surface area contributed by atoms with Crippen molar-refractivity contribution < 1.29 is 0 Å². The van der Waals surface area contributed by atoms with E-state index in [2.05, 4.69) is 0 Å². The van der Waals surface area contributed by atoms with Gasteiger partial charge in [-0.05, 0) is 42.5 Å². The molecular weight excluding hydrogens is 240 g/mol. The van der Waals surface area contributed by atoms with E-state index in [0.717, 1.165) is 15.5 Å². The predicted molar refractivity (Wildman–Crippen MR) is 70.8 cm³/mol. The van der Waals surface area contributed by atoms with Crippen LogP contribution >= 0.6 is 23.4 Å². The molecule has 82 valence electrons. The summed E-state index contributed by atoms with van der Waals surface area (Å²) in [6.45, 7) is 0. The number of rotatable bonds is 2.